The fourth-order valence-corrected chi connectivity index (χ4v) is 1.94. The Labute approximate surface area is 137 Å². The average molecular weight is 352 g/mol. The Morgan fingerprint density at radius 3 is 2.65 bits per heavy atom. The minimum atomic E-state index is -4.28. The van der Waals surface area contributed by atoms with Gasteiger partial charge in [-0.2, -0.15) is 18.3 Å². The lowest BCUT2D eigenvalue weighted by molar-refractivity contribution is -0.142. The summed E-state index contributed by atoms with van der Waals surface area (Å²) in [7, 11) is 1.46. The van der Waals surface area contributed by atoms with Crippen molar-refractivity contribution < 1.29 is 23.0 Å². The van der Waals surface area contributed by atoms with E-state index in [2.05, 4.69) is 10.4 Å². The van der Waals surface area contributed by atoms with Crippen molar-refractivity contribution in [3.63, 3.8) is 0 Å². The maximum absolute atomic E-state index is 12.2. The minimum absolute atomic E-state index is 0. The van der Waals surface area contributed by atoms with E-state index in [1.807, 2.05) is 0 Å². The van der Waals surface area contributed by atoms with E-state index in [1.54, 1.807) is 12.1 Å². The van der Waals surface area contributed by atoms with Crippen molar-refractivity contribution in [3.05, 3.63) is 41.7 Å². The topological polar surface area (TPSA) is 59.3 Å². The predicted molar refractivity (Wildman–Crippen MR) is 80.7 cm³/mol. The van der Waals surface area contributed by atoms with Gasteiger partial charge in [-0.25, -0.2) is 0 Å². The number of hydrogen-bond acceptors (Lipinski definition) is 4. The van der Waals surface area contributed by atoms with Gasteiger partial charge in [0.25, 0.3) is 0 Å². The SMILES string of the molecule is COc1cc(CNCc2ccn(CC(F)(F)F)n2)ccc1O.Cl. The van der Waals surface area contributed by atoms with Crippen molar-refractivity contribution in [2.45, 2.75) is 25.8 Å². The molecule has 0 aliphatic rings. The number of aromatic hydroxyl groups is 1. The minimum Gasteiger partial charge on any atom is -0.504 e. The van der Waals surface area contributed by atoms with Gasteiger partial charge in [0.1, 0.15) is 6.54 Å². The summed E-state index contributed by atoms with van der Waals surface area (Å²) in [5.41, 5.74) is 1.40. The Morgan fingerprint density at radius 2 is 2.00 bits per heavy atom. The van der Waals surface area contributed by atoms with Crippen LogP contribution in [0.1, 0.15) is 11.3 Å². The first-order valence-electron chi connectivity index (χ1n) is 6.53. The number of nitrogens with zero attached hydrogens (tertiary/aromatic N) is 2. The molecule has 0 atom stereocenters. The Hall–Kier alpha value is -1.93. The highest BCUT2D eigenvalue weighted by Gasteiger charge is 2.28. The molecule has 5 nitrogen and oxygen atoms in total. The second-order valence-corrected chi connectivity index (χ2v) is 4.73. The van der Waals surface area contributed by atoms with Gasteiger partial charge in [0, 0.05) is 19.3 Å². The summed E-state index contributed by atoms with van der Waals surface area (Å²) >= 11 is 0. The lowest BCUT2D eigenvalue weighted by Crippen LogP contribution is -2.19. The molecule has 23 heavy (non-hydrogen) atoms. The van der Waals surface area contributed by atoms with Gasteiger partial charge >= 0.3 is 6.18 Å². The number of hydrogen-bond donors (Lipinski definition) is 2. The molecule has 0 spiro atoms. The first-order valence-corrected chi connectivity index (χ1v) is 6.53. The van der Waals surface area contributed by atoms with E-state index in [-0.39, 0.29) is 18.2 Å². The highest BCUT2D eigenvalue weighted by molar-refractivity contribution is 5.85. The standard InChI is InChI=1S/C14H16F3N3O2.ClH/c1-22-13-6-10(2-3-12(13)21)7-18-8-11-4-5-20(19-11)9-14(15,16)17;/h2-6,18,21H,7-9H2,1H3;1H. The summed E-state index contributed by atoms with van der Waals surface area (Å²) in [6.07, 6.45) is -2.98. The number of phenols is 1. The molecule has 0 saturated heterocycles. The monoisotopic (exact) mass is 351 g/mol. The molecule has 1 aromatic heterocycles. The van der Waals surface area contributed by atoms with Crippen LogP contribution in [0.15, 0.2) is 30.5 Å². The molecule has 1 heterocycles. The quantitative estimate of drug-likeness (QED) is 0.840. The Kier molecular flexibility index (Phi) is 6.71. The Bertz CT molecular complexity index is 632. The molecule has 2 N–H and O–H groups in total. The third-order valence-electron chi connectivity index (χ3n) is 2.92. The van der Waals surface area contributed by atoms with Gasteiger partial charge in [-0.3, -0.25) is 4.68 Å². The van der Waals surface area contributed by atoms with Crippen LogP contribution in [0.25, 0.3) is 0 Å². The molecule has 0 bridgehead atoms. The lowest BCUT2D eigenvalue weighted by atomic mass is 10.2. The van der Waals surface area contributed by atoms with Crippen LogP contribution in [0, 0.1) is 0 Å². The maximum Gasteiger partial charge on any atom is 0.408 e. The van der Waals surface area contributed by atoms with E-state index in [1.165, 1.54) is 25.4 Å². The van der Waals surface area contributed by atoms with Crippen LogP contribution in [-0.2, 0) is 19.6 Å². The van der Waals surface area contributed by atoms with E-state index in [4.69, 9.17) is 4.74 Å². The van der Waals surface area contributed by atoms with Gasteiger partial charge in [-0.15, -0.1) is 12.4 Å². The van der Waals surface area contributed by atoms with Crippen LogP contribution in [-0.4, -0.2) is 28.2 Å². The molecule has 128 valence electrons. The largest absolute Gasteiger partial charge is 0.504 e. The molecule has 0 fully saturated rings. The summed E-state index contributed by atoms with van der Waals surface area (Å²) in [4.78, 5) is 0. The van der Waals surface area contributed by atoms with Crippen LogP contribution in [0.5, 0.6) is 11.5 Å². The molecule has 0 saturated carbocycles. The molecule has 2 rings (SSSR count). The fourth-order valence-electron chi connectivity index (χ4n) is 1.94. The van der Waals surface area contributed by atoms with Crippen molar-refractivity contribution in [3.8, 4) is 11.5 Å². The number of nitrogens with one attached hydrogen (secondary N) is 1. The molecule has 9 heteroatoms. The average Bonchev–Trinajstić information content (AvgIpc) is 2.86. The van der Waals surface area contributed by atoms with Gasteiger partial charge in [-0.05, 0) is 23.8 Å². The van der Waals surface area contributed by atoms with Crippen LogP contribution in [0.3, 0.4) is 0 Å². The Morgan fingerprint density at radius 1 is 1.26 bits per heavy atom. The first-order chi connectivity index (χ1) is 10.4. The van der Waals surface area contributed by atoms with E-state index >= 15 is 0 Å². The summed E-state index contributed by atoms with van der Waals surface area (Å²) in [5, 5.41) is 16.4. The van der Waals surface area contributed by atoms with Crippen LogP contribution in [0.4, 0.5) is 13.2 Å². The number of halogens is 4. The highest BCUT2D eigenvalue weighted by Crippen LogP contribution is 2.26. The van der Waals surface area contributed by atoms with Crippen molar-refractivity contribution in [2.24, 2.45) is 0 Å². The van der Waals surface area contributed by atoms with Crippen molar-refractivity contribution >= 4 is 12.4 Å². The second-order valence-electron chi connectivity index (χ2n) is 4.73. The smallest absolute Gasteiger partial charge is 0.408 e. The molecule has 0 radical (unpaired) electrons. The van der Waals surface area contributed by atoms with Crippen LogP contribution in [0.2, 0.25) is 0 Å². The van der Waals surface area contributed by atoms with Crippen molar-refractivity contribution in [1.82, 2.24) is 15.1 Å². The fraction of sp³-hybridized carbons (Fsp3) is 0.357. The molecule has 1 aromatic carbocycles. The van der Waals surface area contributed by atoms with E-state index in [0.717, 1.165) is 10.2 Å². The van der Waals surface area contributed by atoms with Crippen molar-refractivity contribution in [1.29, 1.82) is 0 Å². The Balaban J connectivity index is 0.00000264. The summed E-state index contributed by atoms with van der Waals surface area (Å²) in [5.74, 6) is 0.422. The van der Waals surface area contributed by atoms with E-state index < -0.39 is 12.7 Å². The molecule has 0 unspecified atom stereocenters. The first kappa shape index (κ1) is 19.1. The lowest BCUT2D eigenvalue weighted by Gasteiger charge is -2.07. The molecule has 2 aromatic rings. The number of benzene rings is 1. The number of alkyl halides is 3. The number of methoxy groups -OCH3 is 1. The highest BCUT2D eigenvalue weighted by atomic mass is 35.5. The van der Waals surface area contributed by atoms with Gasteiger partial charge in [0.2, 0.25) is 0 Å². The summed E-state index contributed by atoms with van der Waals surface area (Å²) in [6, 6.07) is 6.47. The molecular formula is C14H17ClF3N3O2. The van der Waals surface area contributed by atoms with Crippen molar-refractivity contribution in [2.75, 3.05) is 7.11 Å². The maximum atomic E-state index is 12.2. The number of ether oxygens (including phenoxy) is 1. The predicted octanol–water partition coefficient (Wildman–Crippen LogP) is 2.87. The van der Waals surface area contributed by atoms with Gasteiger partial charge in [0.05, 0.1) is 12.8 Å². The number of rotatable bonds is 6. The third-order valence-corrected chi connectivity index (χ3v) is 2.92. The van der Waals surface area contributed by atoms with Gasteiger partial charge < -0.3 is 15.2 Å². The molecule has 0 aliphatic heterocycles. The van der Waals surface area contributed by atoms with Crippen LogP contribution >= 0.6 is 12.4 Å². The summed E-state index contributed by atoms with van der Waals surface area (Å²) in [6.45, 7) is -0.279. The van der Waals surface area contributed by atoms with E-state index in [0.29, 0.717) is 24.5 Å². The molecular weight excluding hydrogens is 335 g/mol. The van der Waals surface area contributed by atoms with Gasteiger partial charge in [-0.1, -0.05) is 6.07 Å². The second kappa shape index (κ2) is 8.07. The zero-order chi connectivity index (χ0) is 16.2. The molecule has 0 aliphatic carbocycles. The van der Waals surface area contributed by atoms with E-state index in [9.17, 15) is 18.3 Å². The summed E-state index contributed by atoms with van der Waals surface area (Å²) < 4.78 is 42.5. The van der Waals surface area contributed by atoms with Gasteiger partial charge in [0.15, 0.2) is 11.5 Å². The van der Waals surface area contributed by atoms with Crippen LogP contribution < -0.4 is 10.1 Å². The number of aromatic nitrogens is 2. The zero-order valence-electron chi connectivity index (χ0n) is 12.3. The third kappa shape index (κ3) is 5.99. The zero-order valence-corrected chi connectivity index (χ0v) is 13.1. The normalized spacial score (nSPS) is 11.1. The number of phenolic OH excluding ortho intramolecular Hbond substituents is 1. The molecule has 0 amide bonds.